The van der Waals surface area contributed by atoms with Crippen LogP contribution in [0.4, 0.5) is 10.5 Å². The first-order chi connectivity index (χ1) is 14.5. The van der Waals surface area contributed by atoms with E-state index in [1.165, 1.54) is 0 Å². The van der Waals surface area contributed by atoms with Crippen LogP contribution in [0.25, 0.3) is 11.0 Å². The van der Waals surface area contributed by atoms with Crippen molar-refractivity contribution in [1.82, 2.24) is 9.80 Å². The predicted molar refractivity (Wildman–Crippen MR) is 118 cm³/mol. The van der Waals surface area contributed by atoms with Gasteiger partial charge in [-0.15, -0.1) is 0 Å². The van der Waals surface area contributed by atoms with Gasteiger partial charge in [-0.2, -0.15) is 0 Å². The van der Waals surface area contributed by atoms with E-state index in [0.717, 1.165) is 28.5 Å². The Morgan fingerprint density at radius 2 is 1.77 bits per heavy atom. The summed E-state index contributed by atoms with van der Waals surface area (Å²) in [6.45, 7) is 4.27. The zero-order chi connectivity index (χ0) is 21.1. The van der Waals surface area contributed by atoms with Gasteiger partial charge in [0.15, 0.2) is 0 Å². The summed E-state index contributed by atoms with van der Waals surface area (Å²) in [4.78, 5) is 29.0. The zero-order valence-electron chi connectivity index (χ0n) is 16.9. The maximum Gasteiger partial charge on any atom is 0.321 e. The van der Waals surface area contributed by atoms with Crippen molar-refractivity contribution in [3.8, 4) is 0 Å². The van der Waals surface area contributed by atoms with E-state index >= 15 is 0 Å². The second kappa shape index (κ2) is 8.79. The molecule has 6 nitrogen and oxygen atoms in total. The maximum absolute atomic E-state index is 12.9. The van der Waals surface area contributed by atoms with Gasteiger partial charge in [-0.25, -0.2) is 4.79 Å². The molecule has 0 atom stereocenters. The van der Waals surface area contributed by atoms with Crippen LogP contribution in [0.1, 0.15) is 17.5 Å². The molecule has 0 radical (unpaired) electrons. The zero-order valence-corrected chi connectivity index (χ0v) is 17.6. The molecular formula is C23H24ClN3O3. The van der Waals surface area contributed by atoms with Crippen LogP contribution in [0.2, 0.25) is 5.02 Å². The van der Waals surface area contributed by atoms with Gasteiger partial charge >= 0.3 is 6.03 Å². The van der Waals surface area contributed by atoms with Crippen molar-refractivity contribution in [2.75, 3.05) is 31.5 Å². The van der Waals surface area contributed by atoms with Crippen LogP contribution in [0.5, 0.6) is 0 Å². The van der Waals surface area contributed by atoms with E-state index in [1.54, 1.807) is 35.4 Å². The number of carbonyl (C=O) groups excluding carboxylic acids is 2. The summed E-state index contributed by atoms with van der Waals surface area (Å²) < 4.78 is 5.62. The van der Waals surface area contributed by atoms with Gasteiger partial charge in [0.05, 0.1) is 12.7 Å². The number of nitrogens with one attached hydrogen (secondary N) is 1. The van der Waals surface area contributed by atoms with Crippen LogP contribution in [0.15, 0.2) is 53.1 Å². The number of halogens is 1. The summed E-state index contributed by atoms with van der Waals surface area (Å²) in [7, 11) is 0. The summed E-state index contributed by atoms with van der Waals surface area (Å²) in [5.74, 6) is 0.0539. The monoisotopic (exact) mass is 425 g/mol. The number of amides is 3. The van der Waals surface area contributed by atoms with Crippen LogP contribution >= 0.6 is 11.6 Å². The van der Waals surface area contributed by atoms with Crippen molar-refractivity contribution in [3.63, 3.8) is 0 Å². The van der Waals surface area contributed by atoms with Gasteiger partial charge in [0, 0.05) is 47.8 Å². The molecule has 0 unspecified atom stereocenters. The number of anilines is 1. The number of aryl methyl sites for hydroxylation is 1. The Morgan fingerprint density at radius 1 is 1.03 bits per heavy atom. The first-order valence-corrected chi connectivity index (χ1v) is 10.4. The number of fused-ring (bicyclic) bond motifs is 1. The number of hydrogen-bond acceptors (Lipinski definition) is 3. The molecule has 2 heterocycles. The van der Waals surface area contributed by atoms with Gasteiger partial charge in [-0.1, -0.05) is 23.7 Å². The number of nitrogens with zero attached hydrogens (tertiary/aromatic N) is 2. The standard InChI is InChI=1S/C23H24ClN3O3/c1-16-3-8-20-17(15-30-21(20)13-16)14-22(28)26-9-2-10-27(12-11-26)23(29)25-19-6-4-18(24)5-7-19/h3-8,13,15H,2,9-12,14H2,1H3,(H,25,29). The molecule has 1 aliphatic heterocycles. The molecule has 1 aliphatic rings. The number of carbonyl (C=O) groups is 2. The molecule has 30 heavy (non-hydrogen) atoms. The Kier molecular flexibility index (Phi) is 5.95. The van der Waals surface area contributed by atoms with Crippen LogP contribution in [0.3, 0.4) is 0 Å². The third-order valence-corrected chi connectivity index (χ3v) is 5.64. The molecule has 156 valence electrons. The lowest BCUT2D eigenvalue weighted by Gasteiger charge is -2.22. The van der Waals surface area contributed by atoms with Gasteiger partial charge in [0.25, 0.3) is 0 Å². The van der Waals surface area contributed by atoms with Crippen molar-refractivity contribution >= 4 is 40.2 Å². The molecule has 0 spiro atoms. The fourth-order valence-corrected chi connectivity index (χ4v) is 3.83. The number of benzene rings is 2. The Bertz CT molecular complexity index is 1060. The molecular weight excluding hydrogens is 402 g/mol. The molecule has 3 aromatic rings. The molecule has 0 saturated carbocycles. The minimum absolute atomic E-state index is 0.0539. The lowest BCUT2D eigenvalue weighted by Crippen LogP contribution is -2.39. The second-order valence-electron chi connectivity index (χ2n) is 7.60. The van der Waals surface area contributed by atoms with Crippen LogP contribution in [-0.2, 0) is 11.2 Å². The lowest BCUT2D eigenvalue weighted by atomic mass is 10.1. The summed E-state index contributed by atoms with van der Waals surface area (Å²) in [6.07, 6.45) is 2.71. The van der Waals surface area contributed by atoms with E-state index in [0.29, 0.717) is 43.3 Å². The van der Waals surface area contributed by atoms with Gasteiger partial charge in [-0.05, 0) is 49.2 Å². The van der Waals surface area contributed by atoms with Crippen LogP contribution < -0.4 is 5.32 Å². The molecule has 7 heteroatoms. The van der Waals surface area contributed by atoms with E-state index < -0.39 is 0 Å². The predicted octanol–water partition coefficient (Wildman–Crippen LogP) is 4.70. The quantitative estimate of drug-likeness (QED) is 0.661. The van der Waals surface area contributed by atoms with Crippen molar-refractivity contribution < 1.29 is 14.0 Å². The topological polar surface area (TPSA) is 65.8 Å². The smallest absolute Gasteiger partial charge is 0.321 e. The highest BCUT2D eigenvalue weighted by Crippen LogP contribution is 2.23. The van der Waals surface area contributed by atoms with Crippen molar-refractivity contribution in [2.45, 2.75) is 19.8 Å². The number of rotatable bonds is 3. The molecule has 1 fully saturated rings. The molecule has 1 N–H and O–H groups in total. The van der Waals surface area contributed by atoms with E-state index in [9.17, 15) is 9.59 Å². The second-order valence-corrected chi connectivity index (χ2v) is 8.03. The van der Waals surface area contributed by atoms with Gasteiger partial charge < -0.3 is 19.5 Å². The largest absolute Gasteiger partial charge is 0.464 e. The highest BCUT2D eigenvalue weighted by Gasteiger charge is 2.23. The molecule has 1 aromatic heterocycles. The molecule has 4 rings (SSSR count). The number of furan rings is 1. The highest BCUT2D eigenvalue weighted by molar-refractivity contribution is 6.30. The van der Waals surface area contributed by atoms with Crippen molar-refractivity contribution in [2.24, 2.45) is 0 Å². The van der Waals surface area contributed by atoms with E-state index in [4.69, 9.17) is 16.0 Å². The van der Waals surface area contributed by atoms with Crippen molar-refractivity contribution in [1.29, 1.82) is 0 Å². The van der Waals surface area contributed by atoms with E-state index in [2.05, 4.69) is 5.32 Å². The Labute approximate surface area is 180 Å². The Hall–Kier alpha value is -2.99. The van der Waals surface area contributed by atoms with Gasteiger partial charge in [-0.3, -0.25) is 4.79 Å². The Balaban J connectivity index is 1.35. The van der Waals surface area contributed by atoms with Gasteiger partial charge in [0.1, 0.15) is 5.58 Å². The van der Waals surface area contributed by atoms with Crippen LogP contribution in [0, 0.1) is 6.92 Å². The first kappa shape index (κ1) is 20.3. The number of urea groups is 1. The molecule has 0 aliphatic carbocycles. The maximum atomic E-state index is 12.9. The summed E-state index contributed by atoms with van der Waals surface area (Å²) in [6, 6.07) is 12.9. The Morgan fingerprint density at radius 3 is 2.57 bits per heavy atom. The summed E-state index contributed by atoms with van der Waals surface area (Å²) in [5.41, 5.74) is 3.53. The molecule has 1 saturated heterocycles. The van der Waals surface area contributed by atoms with Crippen molar-refractivity contribution in [3.05, 3.63) is 64.9 Å². The highest BCUT2D eigenvalue weighted by atomic mass is 35.5. The van der Waals surface area contributed by atoms with Crippen LogP contribution in [-0.4, -0.2) is 47.9 Å². The summed E-state index contributed by atoms with van der Waals surface area (Å²) >= 11 is 5.89. The minimum atomic E-state index is -0.164. The first-order valence-electron chi connectivity index (χ1n) is 10.1. The molecule has 2 aromatic carbocycles. The third-order valence-electron chi connectivity index (χ3n) is 5.38. The lowest BCUT2D eigenvalue weighted by molar-refractivity contribution is -0.130. The normalized spacial score (nSPS) is 14.6. The third kappa shape index (κ3) is 4.60. The fourth-order valence-electron chi connectivity index (χ4n) is 3.71. The van der Waals surface area contributed by atoms with E-state index in [1.807, 2.05) is 30.0 Å². The summed E-state index contributed by atoms with van der Waals surface area (Å²) in [5, 5.41) is 4.49. The number of hydrogen-bond donors (Lipinski definition) is 1. The minimum Gasteiger partial charge on any atom is -0.464 e. The molecule has 0 bridgehead atoms. The average Bonchev–Trinajstić information content (AvgIpc) is 2.95. The van der Waals surface area contributed by atoms with E-state index in [-0.39, 0.29) is 11.9 Å². The SMILES string of the molecule is Cc1ccc2c(CC(=O)N3CCCN(C(=O)Nc4ccc(Cl)cc4)CC3)coc2c1. The fraction of sp³-hybridized carbons (Fsp3) is 0.304. The average molecular weight is 426 g/mol. The van der Waals surface area contributed by atoms with Gasteiger partial charge in [0.2, 0.25) is 5.91 Å². The molecule has 3 amide bonds.